The largest absolute Gasteiger partial charge is 0.339 e. The molecule has 1 heterocycles. The lowest BCUT2D eigenvalue weighted by Crippen LogP contribution is -2.47. The molecule has 2 aromatic carbocycles. The Morgan fingerprint density at radius 2 is 1.97 bits per heavy atom. The quantitative estimate of drug-likeness (QED) is 0.429. The van der Waals surface area contributed by atoms with Gasteiger partial charge in [-0.15, -0.1) is 0 Å². The normalized spacial score (nSPS) is 20.4. The maximum absolute atomic E-state index is 13.6. The number of benzene rings is 2. The van der Waals surface area contributed by atoms with Crippen molar-refractivity contribution >= 4 is 29.8 Å². The molecule has 2 N–H and O–H groups in total. The highest BCUT2D eigenvalue weighted by molar-refractivity contribution is 6.12. The molecule has 1 unspecified atom stereocenters. The first-order valence-corrected chi connectivity index (χ1v) is 12.3. The zero-order valence-electron chi connectivity index (χ0n) is 20.4. The molecule has 37 heavy (non-hydrogen) atoms. The Kier molecular flexibility index (Phi) is 6.25. The van der Waals surface area contributed by atoms with Crippen molar-refractivity contribution in [3.8, 4) is 6.07 Å². The van der Waals surface area contributed by atoms with Crippen LogP contribution >= 0.6 is 0 Å². The molecular formula is C28H27N5O4. The molecule has 2 fully saturated rings. The summed E-state index contributed by atoms with van der Waals surface area (Å²) in [6.45, 7) is 1.96. The van der Waals surface area contributed by atoms with Gasteiger partial charge >= 0.3 is 6.03 Å². The molecule has 9 heteroatoms. The molecule has 5 rings (SSSR count). The van der Waals surface area contributed by atoms with Crippen LogP contribution in [0.2, 0.25) is 0 Å². The second kappa shape index (κ2) is 9.54. The van der Waals surface area contributed by atoms with E-state index in [9.17, 15) is 19.2 Å². The van der Waals surface area contributed by atoms with Crippen LogP contribution in [0.25, 0.3) is 6.08 Å². The standard InChI is InChI=1S/C28H27N5O4/c1-18(20-7-8-20)32(16-19-5-3-2-4-6-19)24(34)17-33-26(36)28(31-27(33)37)12-11-21-15-22(9-10-23(21)28)25(35)30-14-13-29/h2-6,9-12,15,18,20H,7-8,14,16-17H2,1H3,(H,30,35)(H,31,37)/t18-,28?/m0/s1. The highest BCUT2D eigenvalue weighted by Crippen LogP contribution is 2.40. The highest BCUT2D eigenvalue weighted by atomic mass is 16.2. The van der Waals surface area contributed by atoms with Crippen LogP contribution in [-0.4, -0.2) is 52.7 Å². The molecule has 5 amide bonds. The molecule has 1 spiro atoms. The summed E-state index contributed by atoms with van der Waals surface area (Å²) >= 11 is 0. The van der Waals surface area contributed by atoms with E-state index in [2.05, 4.69) is 10.6 Å². The summed E-state index contributed by atoms with van der Waals surface area (Å²) in [6.07, 6.45) is 5.39. The van der Waals surface area contributed by atoms with Gasteiger partial charge in [-0.1, -0.05) is 42.5 Å². The lowest BCUT2D eigenvalue weighted by Gasteiger charge is -2.31. The van der Waals surface area contributed by atoms with Crippen LogP contribution in [0.4, 0.5) is 4.79 Å². The molecule has 2 aliphatic carbocycles. The Morgan fingerprint density at radius 1 is 1.22 bits per heavy atom. The lowest BCUT2D eigenvalue weighted by atomic mass is 9.91. The van der Waals surface area contributed by atoms with E-state index < -0.39 is 23.4 Å². The number of hydrogen-bond acceptors (Lipinski definition) is 5. The van der Waals surface area contributed by atoms with E-state index in [1.165, 1.54) is 0 Å². The topological polar surface area (TPSA) is 123 Å². The minimum absolute atomic E-state index is 0.000126. The second-order valence-corrected chi connectivity index (χ2v) is 9.69. The molecule has 0 bridgehead atoms. The van der Waals surface area contributed by atoms with Crippen molar-refractivity contribution in [2.75, 3.05) is 13.1 Å². The van der Waals surface area contributed by atoms with Gasteiger partial charge < -0.3 is 15.5 Å². The van der Waals surface area contributed by atoms with Gasteiger partial charge in [-0.25, -0.2) is 4.79 Å². The number of amides is 5. The number of nitriles is 1. The van der Waals surface area contributed by atoms with Crippen molar-refractivity contribution in [2.45, 2.75) is 37.9 Å². The van der Waals surface area contributed by atoms with Crippen molar-refractivity contribution in [3.05, 3.63) is 76.9 Å². The van der Waals surface area contributed by atoms with Crippen LogP contribution in [0.15, 0.2) is 54.6 Å². The van der Waals surface area contributed by atoms with E-state index in [4.69, 9.17) is 5.26 Å². The Morgan fingerprint density at radius 3 is 2.68 bits per heavy atom. The number of nitrogens with zero attached hydrogens (tertiary/aromatic N) is 3. The summed E-state index contributed by atoms with van der Waals surface area (Å²) in [5, 5.41) is 13.9. The first-order chi connectivity index (χ1) is 17.8. The fraction of sp³-hybridized carbons (Fsp3) is 0.321. The van der Waals surface area contributed by atoms with Crippen molar-refractivity contribution in [1.82, 2.24) is 20.4 Å². The molecule has 1 aliphatic heterocycles. The van der Waals surface area contributed by atoms with Gasteiger partial charge in [0.1, 0.15) is 13.1 Å². The summed E-state index contributed by atoms with van der Waals surface area (Å²) in [5.41, 5.74) is 1.05. The number of rotatable bonds is 8. The van der Waals surface area contributed by atoms with E-state index in [-0.39, 0.29) is 25.0 Å². The van der Waals surface area contributed by atoms with Gasteiger partial charge in [-0.3, -0.25) is 19.3 Å². The minimum atomic E-state index is -1.42. The molecule has 188 valence electrons. The van der Waals surface area contributed by atoms with Crippen molar-refractivity contribution in [1.29, 1.82) is 5.26 Å². The zero-order chi connectivity index (χ0) is 26.2. The SMILES string of the molecule is C[C@@H](C1CC1)N(Cc1ccccc1)C(=O)CN1C(=O)NC2(C=Cc3cc(C(=O)NCC#N)ccc32)C1=O. The first kappa shape index (κ1) is 24.3. The van der Waals surface area contributed by atoms with Crippen LogP contribution in [0, 0.1) is 17.2 Å². The molecule has 0 aromatic heterocycles. The van der Waals surface area contributed by atoms with Gasteiger partial charge in [0, 0.05) is 18.2 Å². The van der Waals surface area contributed by atoms with Crippen LogP contribution in [0.5, 0.6) is 0 Å². The van der Waals surface area contributed by atoms with Gasteiger partial charge in [-0.2, -0.15) is 5.26 Å². The number of nitrogens with one attached hydrogen (secondary N) is 2. The number of imide groups is 1. The number of hydrogen-bond donors (Lipinski definition) is 2. The smallest absolute Gasteiger partial charge is 0.326 e. The van der Waals surface area contributed by atoms with Crippen molar-refractivity contribution in [2.24, 2.45) is 5.92 Å². The highest BCUT2D eigenvalue weighted by Gasteiger charge is 2.54. The van der Waals surface area contributed by atoms with Crippen LogP contribution in [0.1, 0.15) is 46.8 Å². The Balaban J connectivity index is 1.35. The van der Waals surface area contributed by atoms with Crippen molar-refractivity contribution < 1.29 is 19.2 Å². The fourth-order valence-corrected chi connectivity index (χ4v) is 5.06. The zero-order valence-corrected chi connectivity index (χ0v) is 20.4. The predicted octanol–water partition coefficient (Wildman–Crippen LogP) is 2.54. The lowest BCUT2D eigenvalue weighted by molar-refractivity contribution is -0.140. The fourth-order valence-electron chi connectivity index (χ4n) is 5.06. The van der Waals surface area contributed by atoms with E-state index >= 15 is 0 Å². The number of urea groups is 1. The number of fused-ring (bicyclic) bond motifs is 2. The third-order valence-electron chi connectivity index (χ3n) is 7.32. The van der Waals surface area contributed by atoms with Gasteiger partial charge in [0.2, 0.25) is 5.91 Å². The molecule has 3 aliphatic rings. The summed E-state index contributed by atoms with van der Waals surface area (Å²) < 4.78 is 0. The molecular weight excluding hydrogens is 470 g/mol. The Hall–Kier alpha value is -4.45. The maximum Gasteiger partial charge on any atom is 0.326 e. The minimum Gasteiger partial charge on any atom is -0.339 e. The summed E-state index contributed by atoms with van der Waals surface area (Å²) in [4.78, 5) is 55.0. The molecule has 0 radical (unpaired) electrons. The Labute approximate surface area is 214 Å². The van der Waals surface area contributed by atoms with Gasteiger partial charge in [0.25, 0.3) is 11.8 Å². The monoisotopic (exact) mass is 497 g/mol. The van der Waals surface area contributed by atoms with Gasteiger partial charge in [-0.05, 0) is 60.6 Å². The second-order valence-electron chi connectivity index (χ2n) is 9.69. The number of carbonyl (C=O) groups is 4. The summed E-state index contributed by atoms with van der Waals surface area (Å²) in [6, 6.07) is 15.7. The average Bonchev–Trinajstić information content (AvgIpc) is 3.66. The average molecular weight is 498 g/mol. The summed E-state index contributed by atoms with van der Waals surface area (Å²) in [5.74, 6) is -0.793. The van der Waals surface area contributed by atoms with E-state index in [1.54, 1.807) is 35.3 Å². The van der Waals surface area contributed by atoms with E-state index in [0.717, 1.165) is 23.3 Å². The van der Waals surface area contributed by atoms with Crippen LogP contribution < -0.4 is 10.6 Å². The summed E-state index contributed by atoms with van der Waals surface area (Å²) in [7, 11) is 0. The van der Waals surface area contributed by atoms with Gasteiger partial charge in [0.05, 0.1) is 6.07 Å². The van der Waals surface area contributed by atoms with Crippen LogP contribution in [0.3, 0.4) is 0 Å². The van der Waals surface area contributed by atoms with Crippen molar-refractivity contribution in [3.63, 3.8) is 0 Å². The van der Waals surface area contributed by atoms with Gasteiger partial charge in [0.15, 0.2) is 5.54 Å². The third kappa shape index (κ3) is 4.47. The predicted molar refractivity (Wildman–Crippen MR) is 135 cm³/mol. The molecule has 2 aromatic rings. The Bertz CT molecular complexity index is 1340. The maximum atomic E-state index is 13.6. The number of carbonyl (C=O) groups excluding carboxylic acids is 4. The molecule has 2 atom stereocenters. The molecule has 1 saturated heterocycles. The van der Waals surface area contributed by atoms with Crippen LogP contribution in [-0.2, 0) is 21.7 Å². The molecule has 9 nitrogen and oxygen atoms in total. The molecule has 1 saturated carbocycles. The third-order valence-corrected chi connectivity index (χ3v) is 7.32. The first-order valence-electron chi connectivity index (χ1n) is 12.3. The van der Waals surface area contributed by atoms with E-state index in [0.29, 0.717) is 29.2 Å². The van der Waals surface area contributed by atoms with E-state index in [1.807, 2.05) is 43.3 Å².